The lowest BCUT2D eigenvalue weighted by atomic mass is 9.81. The zero-order valence-electron chi connectivity index (χ0n) is 16.4. The molecule has 2 aliphatic carbocycles. The van der Waals surface area contributed by atoms with Gasteiger partial charge < -0.3 is 8.85 Å². The van der Waals surface area contributed by atoms with Gasteiger partial charge in [0.15, 0.2) is 0 Å². The van der Waals surface area contributed by atoms with Crippen LogP contribution in [0.4, 0.5) is 0 Å². The normalized spacial score (nSPS) is 39.4. The summed E-state index contributed by atoms with van der Waals surface area (Å²) in [6.07, 6.45) is 8.12. The summed E-state index contributed by atoms with van der Waals surface area (Å²) >= 11 is 0. The SMILES string of the molecule is CCO[Si](OCC)(C1CC(C)CC(C)C1)C1CCCC(C)C1C. The van der Waals surface area contributed by atoms with E-state index >= 15 is 0 Å². The van der Waals surface area contributed by atoms with Crippen LogP contribution in [0.5, 0.6) is 0 Å². The van der Waals surface area contributed by atoms with E-state index in [9.17, 15) is 0 Å². The fraction of sp³-hybridized carbons (Fsp3) is 1.00. The molecule has 0 aliphatic heterocycles. The molecule has 2 saturated carbocycles. The molecule has 5 atom stereocenters. The van der Waals surface area contributed by atoms with Crippen LogP contribution < -0.4 is 0 Å². The van der Waals surface area contributed by atoms with Crippen LogP contribution in [0.2, 0.25) is 11.1 Å². The molecule has 0 bridgehead atoms. The van der Waals surface area contributed by atoms with Gasteiger partial charge in [0.1, 0.15) is 0 Å². The predicted molar refractivity (Wildman–Crippen MR) is 101 cm³/mol. The average molecular weight is 341 g/mol. The molecule has 2 fully saturated rings. The summed E-state index contributed by atoms with van der Waals surface area (Å²) < 4.78 is 13.4. The monoisotopic (exact) mass is 340 g/mol. The Morgan fingerprint density at radius 3 is 1.91 bits per heavy atom. The summed E-state index contributed by atoms with van der Waals surface area (Å²) in [4.78, 5) is 0. The molecule has 23 heavy (non-hydrogen) atoms. The van der Waals surface area contributed by atoms with Gasteiger partial charge in [-0.05, 0) is 63.2 Å². The van der Waals surface area contributed by atoms with Crippen molar-refractivity contribution >= 4 is 8.56 Å². The van der Waals surface area contributed by atoms with Gasteiger partial charge >= 0.3 is 8.56 Å². The summed E-state index contributed by atoms with van der Waals surface area (Å²) in [7, 11) is -2.18. The van der Waals surface area contributed by atoms with Gasteiger partial charge in [-0.25, -0.2) is 0 Å². The minimum absolute atomic E-state index is 0.689. The van der Waals surface area contributed by atoms with Crippen molar-refractivity contribution in [3.05, 3.63) is 0 Å². The highest BCUT2D eigenvalue weighted by Gasteiger charge is 2.56. The topological polar surface area (TPSA) is 18.5 Å². The Kier molecular flexibility index (Phi) is 7.18. The van der Waals surface area contributed by atoms with Crippen LogP contribution in [0.1, 0.15) is 80.1 Å². The summed E-state index contributed by atoms with van der Waals surface area (Å²) in [5, 5.41) is 0. The van der Waals surface area contributed by atoms with Gasteiger partial charge in [0, 0.05) is 24.3 Å². The van der Waals surface area contributed by atoms with E-state index in [4.69, 9.17) is 8.85 Å². The first-order valence-corrected chi connectivity index (χ1v) is 12.2. The summed E-state index contributed by atoms with van der Waals surface area (Å²) in [5.41, 5.74) is 1.38. The van der Waals surface area contributed by atoms with Crippen LogP contribution in [-0.2, 0) is 8.85 Å². The Morgan fingerprint density at radius 2 is 1.39 bits per heavy atom. The molecule has 0 aromatic rings. The van der Waals surface area contributed by atoms with Crippen molar-refractivity contribution in [3.63, 3.8) is 0 Å². The average Bonchev–Trinajstić information content (AvgIpc) is 2.49. The molecular weight excluding hydrogens is 300 g/mol. The largest absolute Gasteiger partial charge is 0.394 e. The molecule has 2 nitrogen and oxygen atoms in total. The summed E-state index contributed by atoms with van der Waals surface area (Å²) in [6.45, 7) is 15.8. The molecule has 0 aromatic carbocycles. The van der Waals surface area contributed by atoms with Crippen molar-refractivity contribution < 1.29 is 8.85 Å². The van der Waals surface area contributed by atoms with Crippen LogP contribution in [0.3, 0.4) is 0 Å². The second-order valence-electron chi connectivity index (χ2n) is 8.58. The molecule has 0 amide bonds. The standard InChI is InChI=1S/C20H40O2Si/c1-7-21-23(22-8-2,19-13-15(3)12-16(4)14-19)20-11-9-10-17(5)18(20)6/h15-20H,7-14H2,1-6H3. The zero-order chi connectivity index (χ0) is 17.0. The third kappa shape index (κ3) is 4.22. The van der Waals surface area contributed by atoms with E-state index in [1.54, 1.807) is 0 Å². The highest BCUT2D eigenvalue weighted by molar-refractivity contribution is 6.70. The van der Waals surface area contributed by atoms with Gasteiger partial charge in [0.05, 0.1) is 0 Å². The zero-order valence-corrected chi connectivity index (χ0v) is 17.4. The summed E-state index contributed by atoms with van der Waals surface area (Å²) in [5.74, 6) is 3.22. The Labute approximate surface area is 146 Å². The highest BCUT2D eigenvalue weighted by atomic mass is 28.4. The van der Waals surface area contributed by atoms with Gasteiger partial charge in [-0.3, -0.25) is 0 Å². The van der Waals surface area contributed by atoms with Gasteiger partial charge in [-0.2, -0.15) is 0 Å². The van der Waals surface area contributed by atoms with E-state index in [0.29, 0.717) is 11.1 Å². The smallest absolute Gasteiger partial charge is 0.344 e. The van der Waals surface area contributed by atoms with Crippen molar-refractivity contribution in [2.45, 2.75) is 91.1 Å². The first kappa shape index (κ1) is 19.5. The van der Waals surface area contributed by atoms with Gasteiger partial charge in [0.2, 0.25) is 0 Å². The molecule has 5 unspecified atom stereocenters. The first-order chi connectivity index (χ1) is 10.9. The van der Waals surface area contributed by atoms with E-state index in [0.717, 1.165) is 36.9 Å². The molecule has 3 heteroatoms. The molecule has 2 rings (SSSR count). The minimum atomic E-state index is -2.18. The fourth-order valence-corrected chi connectivity index (χ4v) is 11.3. The Hall–Kier alpha value is 0.137. The molecular formula is C20H40O2Si. The molecule has 136 valence electrons. The van der Waals surface area contributed by atoms with E-state index in [1.165, 1.54) is 38.5 Å². The maximum absolute atomic E-state index is 6.68. The Morgan fingerprint density at radius 1 is 0.826 bits per heavy atom. The van der Waals surface area contributed by atoms with Crippen LogP contribution in [0.15, 0.2) is 0 Å². The molecule has 0 N–H and O–H groups in total. The molecule has 0 saturated heterocycles. The second kappa shape index (κ2) is 8.49. The molecule has 2 aliphatic rings. The lowest BCUT2D eigenvalue weighted by molar-refractivity contribution is 0.115. The maximum Gasteiger partial charge on any atom is 0.344 e. The fourth-order valence-electron chi connectivity index (χ4n) is 5.67. The minimum Gasteiger partial charge on any atom is -0.394 e. The van der Waals surface area contributed by atoms with E-state index in [1.807, 2.05) is 0 Å². The van der Waals surface area contributed by atoms with Crippen LogP contribution in [0, 0.1) is 23.7 Å². The van der Waals surface area contributed by atoms with Gasteiger partial charge in [-0.15, -0.1) is 0 Å². The van der Waals surface area contributed by atoms with Crippen molar-refractivity contribution in [3.8, 4) is 0 Å². The molecule has 0 aromatic heterocycles. The lowest BCUT2D eigenvalue weighted by Gasteiger charge is -2.50. The first-order valence-electron chi connectivity index (χ1n) is 10.2. The lowest BCUT2D eigenvalue weighted by Crippen LogP contribution is -2.55. The Bertz CT molecular complexity index is 344. The predicted octanol–water partition coefficient (Wildman–Crippen LogP) is 6.15. The third-order valence-electron chi connectivity index (χ3n) is 6.71. The van der Waals surface area contributed by atoms with Crippen molar-refractivity contribution in [2.75, 3.05) is 13.2 Å². The van der Waals surface area contributed by atoms with E-state index < -0.39 is 8.56 Å². The van der Waals surface area contributed by atoms with Crippen LogP contribution >= 0.6 is 0 Å². The number of hydrogen-bond acceptors (Lipinski definition) is 2. The van der Waals surface area contributed by atoms with Crippen LogP contribution in [0.25, 0.3) is 0 Å². The maximum atomic E-state index is 6.68. The second-order valence-corrected chi connectivity index (χ2v) is 12.2. The Balaban J connectivity index is 2.33. The molecule has 0 radical (unpaired) electrons. The third-order valence-corrected chi connectivity index (χ3v) is 11.6. The van der Waals surface area contributed by atoms with Gasteiger partial charge in [-0.1, -0.05) is 40.5 Å². The van der Waals surface area contributed by atoms with Crippen LogP contribution in [-0.4, -0.2) is 21.8 Å². The molecule has 0 spiro atoms. The number of hydrogen-bond donors (Lipinski definition) is 0. The van der Waals surface area contributed by atoms with Crippen molar-refractivity contribution in [1.29, 1.82) is 0 Å². The highest BCUT2D eigenvalue weighted by Crippen LogP contribution is 2.54. The van der Waals surface area contributed by atoms with Crippen molar-refractivity contribution in [2.24, 2.45) is 23.7 Å². The molecule has 0 heterocycles. The van der Waals surface area contributed by atoms with E-state index in [-0.39, 0.29) is 0 Å². The van der Waals surface area contributed by atoms with E-state index in [2.05, 4.69) is 41.5 Å². The van der Waals surface area contributed by atoms with Gasteiger partial charge in [0.25, 0.3) is 0 Å². The van der Waals surface area contributed by atoms with Crippen molar-refractivity contribution in [1.82, 2.24) is 0 Å². The number of rotatable bonds is 6. The quantitative estimate of drug-likeness (QED) is 0.539. The summed E-state index contributed by atoms with van der Waals surface area (Å²) in [6, 6.07) is 0.